The Morgan fingerprint density at radius 2 is 1.17 bits per heavy atom. The summed E-state index contributed by atoms with van der Waals surface area (Å²) in [6.07, 6.45) is 0. The van der Waals surface area contributed by atoms with Crippen molar-refractivity contribution < 1.29 is 19.2 Å². The molecule has 0 aliphatic carbocycles. The molecule has 0 aromatic heterocycles. The van der Waals surface area contributed by atoms with E-state index in [2.05, 4.69) is 53.6 Å². The fraction of sp³-hybridized carbons (Fsp3) is 0.286. The molecule has 130 valence electrons. The fourth-order valence-corrected chi connectivity index (χ4v) is 1.61. The number of amides is 4. The molecule has 0 radical (unpaired) electrons. The number of carbonyl (C=O) groups is 4. The summed E-state index contributed by atoms with van der Waals surface area (Å²) in [6.45, 7) is 3.21. The summed E-state index contributed by atoms with van der Waals surface area (Å²) in [5.74, 6) is -1.98. The molecule has 0 aliphatic heterocycles. The van der Waals surface area contributed by atoms with Crippen LogP contribution in [-0.2, 0) is 9.59 Å². The number of halogens is 2. The minimum atomic E-state index is -0.579. The van der Waals surface area contributed by atoms with Gasteiger partial charge in [0, 0.05) is 11.1 Å². The molecule has 8 nitrogen and oxygen atoms in total. The van der Waals surface area contributed by atoms with Crippen LogP contribution in [0.5, 0.6) is 0 Å². The molecule has 0 spiro atoms. The van der Waals surface area contributed by atoms with Gasteiger partial charge in [-0.25, -0.2) is 0 Å². The van der Waals surface area contributed by atoms with Gasteiger partial charge in [-0.05, 0) is 32.0 Å². The van der Waals surface area contributed by atoms with Gasteiger partial charge in [-0.1, -0.05) is 37.9 Å². The summed E-state index contributed by atoms with van der Waals surface area (Å²) >= 11 is 6.12. The second-order valence-electron chi connectivity index (χ2n) is 4.70. The SMILES string of the molecule is C[C@H](Br)C(=O)NNC(=O)c1cccc(C(=O)NNC(=O)[C@@H](C)Br)c1. The van der Waals surface area contributed by atoms with E-state index in [-0.39, 0.29) is 11.1 Å². The van der Waals surface area contributed by atoms with Crippen molar-refractivity contribution in [2.45, 2.75) is 23.5 Å². The minimum Gasteiger partial charge on any atom is -0.272 e. The molecular weight excluding hydrogens is 448 g/mol. The van der Waals surface area contributed by atoms with E-state index in [0.29, 0.717) is 0 Å². The number of benzene rings is 1. The molecule has 1 rings (SSSR count). The Morgan fingerprint density at radius 1 is 0.792 bits per heavy atom. The molecule has 10 heteroatoms. The van der Waals surface area contributed by atoms with Gasteiger partial charge in [0.05, 0.1) is 9.65 Å². The van der Waals surface area contributed by atoms with E-state index in [9.17, 15) is 19.2 Å². The summed E-state index contributed by atoms with van der Waals surface area (Å²) in [5.41, 5.74) is 9.28. The van der Waals surface area contributed by atoms with Crippen molar-refractivity contribution >= 4 is 55.5 Å². The Balaban J connectivity index is 2.68. The third kappa shape index (κ3) is 6.28. The average molecular weight is 464 g/mol. The van der Waals surface area contributed by atoms with Crippen LogP contribution in [0, 0.1) is 0 Å². The van der Waals surface area contributed by atoms with Crippen LogP contribution in [0.2, 0.25) is 0 Å². The summed E-state index contributed by atoms with van der Waals surface area (Å²) in [7, 11) is 0. The maximum absolute atomic E-state index is 12.0. The number of rotatable bonds is 4. The average Bonchev–Trinajstić information content (AvgIpc) is 2.56. The van der Waals surface area contributed by atoms with Crippen LogP contribution < -0.4 is 21.7 Å². The Kier molecular flexibility index (Phi) is 7.86. The van der Waals surface area contributed by atoms with Crippen LogP contribution in [0.3, 0.4) is 0 Å². The second kappa shape index (κ2) is 9.38. The van der Waals surface area contributed by atoms with Gasteiger partial charge in [-0.3, -0.25) is 40.9 Å². The van der Waals surface area contributed by atoms with Crippen LogP contribution in [0.4, 0.5) is 0 Å². The highest BCUT2D eigenvalue weighted by Gasteiger charge is 2.14. The van der Waals surface area contributed by atoms with Crippen molar-refractivity contribution in [1.82, 2.24) is 21.7 Å². The molecule has 4 amide bonds. The lowest BCUT2D eigenvalue weighted by Gasteiger charge is -2.10. The maximum Gasteiger partial charge on any atom is 0.269 e. The van der Waals surface area contributed by atoms with E-state index >= 15 is 0 Å². The third-order valence-corrected chi connectivity index (χ3v) is 3.54. The summed E-state index contributed by atoms with van der Waals surface area (Å²) in [6, 6.07) is 5.80. The lowest BCUT2D eigenvalue weighted by Crippen LogP contribution is -2.45. The predicted molar refractivity (Wildman–Crippen MR) is 94.4 cm³/mol. The molecule has 24 heavy (non-hydrogen) atoms. The van der Waals surface area contributed by atoms with E-state index in [4.69, 9.17) is 0 Å². The van der Waals surface area contributed by atoms with E-state index in [0.717, 1.165) is 0 Å². The summed E-state index contributed by atoms with van der Waals surface area (Å²) < 4.78 is 0. The molecule has 0 heterocycles. The summed E-state index contributed by atoms with van der Waals surface area (Å²) in [5, 5.41) is 0. The fourth-order valence-electron chi connectivity index (χ4n) is 1.38. The predicted octanol–water partition coefficient (Wildman–Crippen LogP) is 0.775. The minimum absolute atomic E-state index is 0.172. The van der Waals surface area contributed by atoms with Crippen LogP contribution >= 0.6 is 31.9 Å². The monoisotopic (exact) mass is 462 g/mol. The molecule has 0 aliphatic rings. The van der Waals surface area contributed by atoms with Crippen molar-refractivity contribution in [3.8, 4) is 0 Å². The number of nitrogens with one attached hydrogen (secondary N) is 4. The highest BCUT2D eigenvalue weighted by Crippen LogP contribution is 2.05. The zero-order valence-corrected chi connectivity index (χ0v) is 16.0. The van der Waals surface area contributed by atoms with E-state index in [1.165, 1.54) is 24.3 Å². The van der Waals surface area contributed by atoms with Gasteiger partial charge >= 0.3 is 0 Å². The molecule has 0 saturated heterocycles. The van der Waals surface area contributed by atoms with Crippen LogP contribution in [0.1, 0.15) is 34.6 Å². The highest BCUT2D eigenvalue weighted by atomic mass is 79.9. The smallest absolute Gasteiger partial charge is 0.269 e. The van der Waals surface area contributed by atoms with Gasteiger partial charge in [0.15, 0.2) is 0 Å². The lowest BCUT2D eigenvalue weighted by atomic mass is 10.1. The molecule has 1 aromatic carbocycles. The Bertz CT molecular complexity index is 598. The molecule has 0 unspecified atom stereocenters. The molecular formula is C14H16Br2N4O4. The van der Waals surface area contributed by atoms with Crippen molar-refractivity contribution in [3.05, 3.63) is 35.4 Å². The van der Waals surface area contributed by atoms with E-state index in [1.807, 2.05) is 0 Å². The number of alkyl halides is 2. The van der Waals surface area contributed by atoms with Gasteiger partial charge in [-0.15, -0.1) is 0 Å². The normalized spacial score (nSPS) is 12.5. The zero-order chi connectivity index (χ0) is 18.3. The highest BCUT2D eigenvalue weighted by molar-refractivity contribution is 9.10. The molecule has 0 bridgehead atoms. The Morgan fingerprint density at radius 3 is 1.50 bits per heavy atom. The lowest BCUT2D eigenvalue weighted by molar-refractivity contribution is -0.121. The molecule has 1 aromatic rings. The van der Waals surface area contributed by atoms with Gasteiger partial charge in [0.25, 0.3) is 23.6 Å². The first kappa shape index (κ1) is 20.1. The van der Waals surface area contributed by atoms with Crippen LogP contribution in [0.15, 0.2) is 24.3 Å². The first-order valence-corrected chi connectivity index (χ1v) is 8.64. The topological polar surface area (TPSA) is 116 Å². The van der Waals surface area contributed by atoms with Crippen LogP contribution in [0.25, 0.3) is 0 Å². The maximum atomic E-state index is 12.0. The number of carbonyl (C=O) groups excluding carboxylic acids is 4. The standard InChI is InChI=1S/C14H16Br2N4O4/c1-7(15)11(21)17-19-13(23)9-4-3-5-10(6-9)14(24)20-18-12(22)8(2)16/h3-8H,1-2H3,(H,17,21)(H,18,22)(H,19,23)(H,20,24)/t7-,8+. The number of hydrogen-bond acceptors (Lipinski definition) is 4. The largest absolute Gasteiger partial charge is 0.272 e. The van der Waals surface area contributed by atoms with Crippen molar-refractivity contribution in [2.24, 2.45) is 0 Å². The number of hydrazine groups is 2. The Hall–Kier alpha value is -1.94. The van der Waals surface area contributed by atoms with Crippen molar-refractivity contribution in [1.29, 1.82) is 0 Å². The number of hydrogen-bond donors (Lipinski definition) is 4. The summed E-state index contributed by atoms with van der Waals surface area (Å²) in [4.78, 5) is 45.7. The first-order valence-electron chi connectivity index (χ1n) is 6.81. The Labute approximate surface area is 155 Å². The quantitative estimate of drug-likeness (QED) is 0.390. The first-order chi connectivity index (χ1) is 11.2. The molecule has 0 fully saturated rings. The molecule has 2 atom stereocenters. The van der Waals surface area contributed by atoms with Gasteiger partial charge < -0.3 is 0 Å². The van der Waals surface area contributed by atoms with Gasteiger partial charge in [0.2, 0.25) is 0 Å². The van der Waals surface area contributed by atoms with Gasteiger partial charge in [-0.2, -0.15) is 0 Å². The van der Waals surface area contributed by atoms with E-state index < -0.39 is 33.3 Å². The zero-order valence-electron chi connectivity index (χ0n) is 12.9. The molecule has 0 saturated carbocycles. The second-order valence-corrected chi connectivity index (χ2v) is 7.45. The van der Waals surface area contributed by atoms with Crippen LogP contribution in [-0.4, -0.2) is 33.3 Å². The van der Waals surface area contributed by atoms with Crippen molar-refractivity contribution in [2.75, 3.05) is 0 Å². The van der Waals surface area contributed by atoms with Crippen molar-refractivity contribution in [3.63, 3.8) is 0 Å². The molecule has 4 N–H and O–H groups in total. The third-order valence-electron chi connectivity index (χ3n) is 2.71. The van der Waals surface area contributed by atoms with Gasteiger partial charge in [0.1, 0.15) is 0 Å². The van der Waals surface area contributed by atoms with E-state index in [1.54, 1.807) is 13.8 Å².